The summed E-state index contributed by atoms with van der Waals surface area (Å²) < 4.78 is 20.1. The predicted molar refractivity (Wildman–Crippen MR) is 133 cm³/mol. The minimum Gasteiger partial charge on any atom is -0.382 e. The van der Waals surface area contributed by atoms with E-state index in [1.54, 1.807) is 12.1 Å². The lowest BCUT2D eigenvalue weighted by molar-refractivity contribution is -0.0489. The average molecular weight is 471 g/mol. The molecule has 2 atom stereocenters. The maximum atomic E-state index is 14.0. The van der Waals surface area contributed by atoms with Gasteiger partial charge in [-0.15, -0.1) is 0 Å². The van der Waals surface area contributed by atoms with Gasteiger partial charge in [-0.25, -0.2) is 14.4 Å². The Labute approximate surface area is 203 Å². The molecule has 1 aromatic heterocycles. The number of nitrogens with one attached hydrogen (secondary N) is 1. The molecular weight excluding hydrogens is 443 g/mol. The Balaban J connectivity index is 1.34. The molecule has 2 heterocycles. The van der Waals surface area contributed by atoms with Crippen molar-refractivity contribution in [1.82, 2.24) is 9.97 Å². The number of hydrogen-bond acceptors (Lipinski definition) is 7. The van der Waals surface area contributed by atoms with Crippen LogP contribution in [0.25, 0.3) is 0 Å². The van der Waals surface area contributed by atoms with Crippen molar-refractivity contribution >= 4 is 23.0 Å². The van der Waals surface area contributed by atoms with Gasteiger partial charge >= 0.3 is 0 Å². The molecule has 3 N–H and O–H groups in total. The molecule has 1 fully saturated rings. The van der Waals surface area contributed by atoms with E-state index in [-0.39, 0.29) is 35.3 Å². The zero-order valence-electron chi connectivity index (χ0n) is 19.5. The van der Waals surface area contributed by atoms with Crippen LogP contribution in [0.3, 0.4) is 0 Å². The average Bonchev–Trinajstić information content (AvgIpc) is 2.83. The highest BCUT2D eigenvalue weighted by atomic mass is 19.1. The van der Waals surface area contributed by atoms with Gasteiger partial charge in [0.25, 0.3) is 0 Å². The van der Waals surface area contributed by atoms with Crippen molar-refractivity contribution < 1.29 is 9.13 Å². The van der Waals surface area contributed by atoms with Crippen molar-refractivity contribution in [3.05, 3.63) is 77.4 Å². The van der Waals surface area contributed by atoms with Crippen LogP contribution in [0.2, 0.25) is 0 Å². The molecule has 2 aliphatic rings. The van der Waals surface area contributed by atoms with E-state index in [4.69, 9.17) is 15.5 Å². The standard InChI is InChI=1S/C27H27FN6O/c1-16(33-27-23(13-29)26(30)31-15-32-27)25-22(12-19-9-20(28)7-8-24(19)34-25)18-10-21(11-18)35-14-17-5-3-2-4-6-17/h2-9,15-16,18,21-22H,10-12,14H2,1H3,(H3,30,31,32,33)/t16-,18?,21?,22?/m0/s1. The number of nitriles is 1. The quantitative estimate of drug-likeness (QED) is 0.513. The largest absolute Gasteiger partial charge is 0.382 e. The molecule has 7 nitrogen and oxygen atoms in total. The van der Waals surface area contributed by atoms with Crippen molar-refractivity contribution in [1.29, 1.82) is 5.26 Å². The Bertz CT molecular complexity index is 1280. The van der Waals surface area contributed by atoms with Gasteiger partial charge in [0.1, 0.15) is 35.4 Å². The number of rotatable bonds is 7. The first-order chi connectivity index (χ1) is 17.0. The SMILES string of the molecule is C[C@H](Nc1ncnc(N)c1C#N)C1=Nc2ccc(F)cc2CC1C1CC(OCc2ccccc2)C1. The molecule has 0 bridgehead atoms. The molecule has 0 amide bonds. The second kappa shape index (κ2) is 9.80. The second-order valence-electron chi connectivity index (χ2n) is 9.23. The summed E-state index contributed by atoms with van der Waals surface area (Å²) in [6, 6.07) is 16.8. The normalized spacial score (nSPS) is 21.7. The number of ether oxygens (including phenoxy) is 1. The molecule has 1 unspecified atom stereocenters. The number of anilines is 2. The van der Waals surface area contributed by atoms with Gasteiger partial charge in [-0.2, -0.15) is 5.26 Å². The number of nitrogens with zero attached hydrogens (tertiary/aromatic N) is 4. The maximum absolute atomic E-state index is 14.0. The van der Waals surface area contributed by atoms with Gasteiger partial charge in [0.05, 0.1) is 24.4 Å². The third-order valence-corrected chi connectivity index (χ3v) is 6.92. The van der Waals surface area contributed by atoms with Crippen LogP contribution >= 0.6 is 0 Å². The lowest BCUT2D eigenvalue weighted by Gasteiger charge is -2.43. The van der Waals surface area contributed by atoms with Crippen molar-refractivity contribution in [3.8, 4) is 6.07 Å². The maximum Gasteiger partial charge on any atom is 0.150 e. The fourth-order valence-electron chi connectivity index (χ4n) is 4.97. The van der Waals surface area contributed by atoms with Gasteiger partial charge in [0.2, 0.25) is 0 Å². The van der Waals surface area contributed by atoms with Crippen LogP contribution in [-0.2, 0) is 17.8 Å². The first-order valence-corrected chi connectivity index (χ1v) is 11.8. The lowest BCUT2D eigenvalue weighted by Crippen LogP contribution is -2.45. The number of benzene rings is 2. The number of fused-ring (bicyclic) bond motifs is 1. The van der Waals surface area contributed by atoms with Crippen molar-refractivity contribution in [2.75, 3.05) is 11.1 Å². The molecule has 1 saturated carbocycles. The van der Waals surface area contributed by atoms with Crippen LogP contribution in [0, 0.1) is 29.0 Å². The number of halogens is 1. The molecular formula is C27H27FN6O. The second-order valence-corrected chi connectivity index (χ2v) is 9.23. The van der Waals surface area contributed by atoms with E-state index < -0.39 is 0 Å². The van der Waals surface area contributed by atoms with E-state index in [1.807, 2.05) is 25.1 Å². The van der Waals surface area contributed by atoms with E-state index in [2.05, 4.69) is 33.5 Å². The monoisotopic (exact) mass is 470 g/mol. The van der Waals surface area contributed by atoms with Crippen LogP contribution in [0.1, 0.15) is 36.5 Å². The molecule has 1 aliphatic heterocycles. The highest BCUT2D eigenvalue weighted by Crippen LogP contribution is 2.43. The zero-order chi connectivity index (χ0) is 24.4. The van der Waals surface area contributed by atoms with Gasteiger partial charge in [-0.05, 0) is 61.4 Å². The highest BCUT2D eigenvalue weighted by molar-refractivity contribution is 5.97. The Morgan fingerprint density at radius 3 is 2.77 bits per heavy atom. The van der Waals surface area contributed by atoms with E-state index in [0.29, 0.717) is 24.8 Å². The summed E-state index contributed by atoms with van der Waals surface area (Å²) in [5, 5.41) is 12.8. The van der Waals surface area contributed by atoms with Crippen molar-refractivity contribution in [3.63, 3.8) is 0 Å². The number of aromatic nitrogens is 2. The summed E-state index contributed by atoms with van der Waals surface area (Å²) in [4.78, 5) is 13.1. The molecule has 178 valence electrons. The van der Waals surface area contributed by atoms with Crippen LogP contribution in [0.15, 0.2) is 59.9 Å². The summed E-state index contributed by atoms with van der Waals surface area (Å²) in [5.41, 5.74) is 9.91. The molecule has 8 heteroatoms. The smallest absolute Gasteiger partial charge is 0.150 e. The fourth-order valence-corrected chi connectivity index (χ4v) is 4.97. The summed E-state index contributed by atoms with van der Waals surface area (Å²) >= 11 is 0. The predicted octanol–water partition coefficient (Wildman–Crippen LogP) is 4.81. The Morgan fingerprint density at radius 2 is 2.00 bits per heavy atom. The molecule has 5 rings (SSSR count). The van der Waals surface area contributed by atoms with Gasteiger partial charge in [-0.1, -0.05) is 30.3 Å². The van der Waals surface area contributed by atoms with E-state index >= 15 is 0 Å². The molecule has 0 radical (unpaired) electrons. The third kappa shape index (κ3) is 4.86. The first kappa shape index (κ1) is 22.9. The topological polar surface area (TPSA) is 109 Å². The Kier molecular flexibility index (Phi) is 6.43. The fraction of sp³-hybridized carbons (Fsp3) is 0.333. The summed E-state index contributed by atoms with van der Waals surface area (Å²) in [5.74, 6) is 0.781. The highest BCUT2D eigenvalue weighted by Gasteiger charge is 2.41. The Hall–Kier alpha value is -3.83. The van der Waals surface area contributed by atoms with E-state index in [1.165, 1.54) is 12.4 Å². The number of aliphatic imine (C=N–C) groups is 1. The van der Waals surface area contributed by atoms with Crippen LogP contribution in [0.4, 0.5) is 21.7 Å². The number of nitrogens with two attached hydrogens (primary N) is 1. The first-order valence-electron chi connectivity index (χ1n) is 11.8. The lowest BCUT2D eigenvalue weighted by atomic mass is 9.68. The van der Waals surface area contributed by atoms with Crippen molar-refractivity contribution in [2.45, 2.75) is 44.9 Å². The van der Waals surface area contributed by atoms with Gasteiger partial charge in [0.15, 0.2) is 0 Å². The summed E-state index contributed by atoms with van der Waals surface area (Å²) in [7, 11) is 0. The van der Waals surface area contributed by atoms with Crippen LogP contribution in [0.5, 0.6) is 0 Å². The molecule has 0 spiro atoms. The van der Waals surface area contributed by atoms with Gasteiger partial charge in [0, 0.05) is 11.6 Å². The van der Waals surface area contributed by atoms with Gasteiger partial charge < -0.3 is 15.8 Å². The van der Waals surface area contributed by atoms with Crippen LogP contribution in [-0.4, -0.2) is 27.8 Å². The molecule has 1 aliphatic carbocycles. The third-order valence-electron chi connectivity index (χ3n) is 6.92. The molecule has 3 aromatic rings. The molecule has 35 heavy (non-hydrogen) atoms. The minimum atomic E-state index is -0.250. The number of hydrogen-bond donors (Lipinski definition) is 2. The molecule has 0 saturated heterocycles. The molecule has 2 aromatic carbocycles. The summed E-state index contributed by atoms with van der Waals surface area (Å²) in [6.45, 7) is 2.60. The van der Waals surface area contributed by atoms with Gasteiger partial charge in [-0.3, -0.25) is 4.99 Å². The van der Waals surface area contributed by atoms with Crippen LogP contribution < -0.4 is 11.1 Å². The van der Waals surface area contributed by atoms with Crippen molar-refractivity contribution in [2.24, 2.45) is 16.8 Å². The number of nitrogen functional groups attached to an aromatic ring is 1. The Morgan fingerprint density at radius 1 is 1.20 bits per heavy atom. The zero-order valence-corrected chi connectivity index (χ0v) is 19.5. The summed E-state index contributed by atoms with van der Waals surface area (Å²) in [6.07, 6.45) is 4.11. The minimum absolute atomic E-state index is 0.132. The van der Waals surface area contributed by atoms with E-state index in [9.17, 15) is 9.65 Å². The van der Waals surface area contributed by atoms with E-state index in [0.717, 1.165) is 35.4 Å².